The van der Waals surface area contributed by atoms with Gasteiger partial charge >= 0.3 is 0 Å². The van der Waals surface area contributed by atoms with E-state index in [1.54, 1.807) is 7.11 Å². The van der Waals surface area contributed by atoms with Crippen LogP contribution in [0, 0.1) is 5.92 Å². The van der Waals surface area contributed by atoms with Gasteiger partial charge in [0, 0.05) is 20.2 Å². The number of nitrogens with one attached hydrogen (secondary N) is 1. The predicted octanol–water partition coefficient (Wildman–Crippen LogP) is 0.241. The molecule has 1 aliphatic rings. The van der Waals surface area contributed by atoms with Crippen molar-refractivity contribution in [2.24, 2.45) is 5.92 Å². The minimum Gasteiger partial charge on any atom is -0.380 e. The van der Waals surface area contributed by atoms with Crippen LogP contribution in [0.1, 0.15) is 6.92 Å². The average Bonchev–Trinajstić information content (AvgIpc) is 2.14. The number of hydrogen-bond acceptors (Lipinski definition) is 2. The van der Waals surface area contributed by atoms with Crippen LogP contribution in [0.4, 0.5) is 0 Å². The SMILES string of the molecule is CO[C@@H]1CNC[C@@H]1C. The van der Waals surface area contributed by atoms with Crippen LogP contribution in [0.25, 0.3) is 0 Å². The zero-order chi connectivity index (χ0) is 5.98. The molecular formula is C6H13NO. The highest BCUT2D eigenvalue weighted by Crippen LogP contribution is 2.09. The highest BCUT2D eigenvalue weighted by atomic mass is 16.5. The highest BCUT2D eigenvalue weighted by Gasteiger charge is 2.21. The lowest BCUT2D eigenvalue weighted by atomic mass is 10.1. The van der Waals surface area contributed by atoms with Crippen molar-refractivity contribution in [3.63, 3.8) is 0 Å². The Morgan fingerprint density at radius 2 is 2.25 bits per heavy atom. The maximum Gasteiger partial charge on any atom is 0.0733 e. The van der Waals surface area contributed by atoms with Gasteiger partial charge in [-0.15, -0.1) is 0 Å². The molecule has 1 heterocycles. The molecule has 1 N–H and O–H groups in total. The number of methoxy groups -OCH3 is 1. The Morgan fingerprint density at radius 3 is 2.50 bits per heavy atom. The van der Waals surface area contributed by atoms with Crippen molar-refractivity contribution < 1.29 is 4.74 Å². The van der Waals surface area contributed by atoms with Gasteiger partial charge in [0.15, 0.2) is 0 Å². The minimum absolute atomic E-state index is 0.454. The molecule has 0 bridgehead atoms. The van der Waals surface area contributed by atoms with Crippen LogP contribution in [0.2, 0.25) is 0 Å². The second kappa shape index (κ2) is 2.46. The third-order valence-corrected chi connectivity index (χ3v) is 1.75. The van der Waals surface area contributed by atoms with E-state index in [0.29, 0.717) is 12.0 Å². The summed E-state index contributed by atoms with van der Waals surface area (Å²) >= 11 is 0. The molecule has 0 aromatic heterocycles. The van der Waals surface area contributed by atoms with Crippen LogP contribution in [0.3, 0.4) is 0 Å². The Labute approximate surface area is 50.2 Å². The van der Waals surface area contributed by atoms with E-state index >= 15 is 0 Å². The maximum atomic E-state index is 5.16. The number of hydrogen-bond donors (Lipinski definition) is 1. The zero-order valence-corrected chi connectivity index (χ0v) is 5.48. The summed E-state index contributed by atoms with van der Waals surface area (Å²) in [4.78, 5) is 0. The van der Waals surface area contributed by atoms with Crippen LogP contribution in [-0.2, 0) is 4.74 Å². The van der Waals surface area contributed by atoms with Gasteiger partial charge in [0.05, 0.1) is 6.10 Å². The van der Waals surface area contributed by atoms with Crippen molar-refractivity contribution in [3.05, 3.63) is 0 Å². The first-order valence-corrected chi connectivity index (χ1v) is 3.08. The quantitative estimate of drug-likeness (QED) is 0.528. The number of ether oxygens (including phenoxy) is 1. The Balaban J connectivity index is 2.30. The summed E-state index contributed by atoms with van der Waals surface area (Å²) in [5.41, 5.74) is 0. The summed E-state index contributed by atoms with van der Waals surface area (Å²) in [5.74, 6) is 0.694. The Hall–Kier alpha value is -0.0800. The molecule has 48 valence electrons. The summed E-state index contributed by atoms with van der Waals surface area (Å²) in [6, 6.07) is 0. The smallest absolute Gasteiger partial charge is 0.0733 e. The largest absolute Gasteiger partial charge is 0.380 e. The first-order chi connectivity index (χ1) is 3.84. The van der Waals surface area contributed by atoms with Crippen LogP contribution in [-0.4, -0.2) is 26.3 Å². The molecule has 0 radical (unpaired) electrons. The first-order valence-electron chi connectivity index (χ1n) is 3.08. The van der Waals surface area contributed by atoms with Crippen LogP contribution in [0.5, 0.6) is 0 Å². The molecular weight excluding hydrogens is 102 g/mol. The van der Waals surface area contributed by atoms with Crippen molar-refractivity contribution in [2.75, 3.05) is 20.2 Å². The van der Waals surface area contributed by atoms with Gasteiger partial charge in [-0.3, -0.25) is 0 Å². The van der Waals surface area contributed by atoms with E-state index < -0.39 is 0 Å². The molecule has 1 fully saturated rings. The second-order valence-electron chi connectivity index (χ2n) is 2.41. The molecule has 0 aromatic carbocycles. The van der Waals surface area contributed by atoms with E-state index in [1.165, 1.54) is 0 Å². The van der Waals surface area contributed by atoms with Crippen LogP contribution < -0.4 is 5.32 Å². The molecule has 0 amide bonds. The van der Waals surface area contributed by atoms with E-state index in [1.807, 2.05) is 0 Å². The molecule has 0 spiro atoms. The van der Waals surface area contributed by atoms with Gasteiger partial charge in [-0.05, 0) is 5.92 Å². The van der Waals surface area contributed by atoms with Crippen LogP contribution >= 0.6 is 0 Å². The van der Waals surface area contributed by atoms with E-state index in [-0.39, 0.29) is 0 Å². The molecule has 2 nitrogen and oxygen atoms in total. The van der Waals surface area contributed by atoms with Gasteiger partial charge in [-0.1, -0.05) is 6.92 Å². The van der Waals surface area contributed by atoms with Crippen molar-refractivity contribution in [2.45, 2.75) is 13.0 Å². The van der Waals surface area contributed by atoms with Gasteiger partial charge in [0.1, 0.15) is 0 Å². The van der Waals surface area contributed by atoms with Gasteiger partial charge in [-0.25, -0.2) is 0 Å². The lowest BCUT2D eigenvalue weighted by Crippen LogP contribution is -2.18. The summed E-state index contributed by atoms with van der Waals surface area (Å²) < 4.78 is 5.16. The van der Waals surface area contributed by atoms with E-state index in [9.17, 15) is 0 Å². The third-order valence-electron chi connectivity index (χ3n) is 1.75. The standard InChI is InChI=1S/C6H13NO/c1-5-3-7-4-6(5)8-2/h5-7H,3-4H2,1-2H3/t5-,6+/m0/s1. The first kappa shape index (κ1) is 6.05. The fourth-order valence-electron chi connectivity index (χ4n) is 1.10. The van der Waals surface area contributed by atoms with Crippen molar-refractivity contribution in [3.8, 4) is 0 Å². The molecule has 0 aromatic rings. The molecule has 1 rings (SSSR count). The molecule has 0 unspecified atom stereocenters. The molecule has 1 saturated heterocycles. The van der Waals surface area contributed by atoms with Crippen molar-refractivity contribution in [1.82, 2.24) is 5.32 Å². The summed E-state index contributed by atoms with van der Waals surface area (Å²) in [6.07, 6.45) is 0.454. The maximum absolute atomic E-state index is 5.16. The Bertz CT molecular complexity index is 74.9. The molecule has 0 aliphatic carbocycles. The van der Waals surface area contributed by atoms with Crippen molar-refractivity contribution in [1.29, 1.82) is 0 Å². The molecule has 1 aliphatic heterocycles. The average molecular weight is 115 g/mol. The van der Waals surface area contributed by atoms with Crippen LogP contribution in [0.15, 0.2) is 0 Å². The second-order valence-corrected chi connectivity index (χ2v) is 2.41. The lowest BCUT2D eigenvalue weighted by molar-refractivity contribution is 0.0892. The highest BCUT2D eigenvalue weighted by molar-refractivity contribution is 4.77. The molecule has 2 heteroatoms. The monoisotopic (exact) mass is 115 g/mol. The lowest BCUT2D eigenvalue weighted by Gasteiger charge is -2.09. The van der Waals surface area contributed by atoms with Gasteiger partial charge < -0.3 is 10.1 Å². The molecule has 2 atom stereocenters. The minimum atomic E-state index is 0.454. The topological polar surface area (TPSA) is 21.3 Å². The van der Waals surface area contributed by atoms with Gasteiger partial charge in [0.2, 0.25) is 0 Å². The van der Waals surface area contributed by atoms with E-state index in [4.69, 9.17) is 4.74 Å². The normalized spacial score (nSPS) is 38.2. The fourth-order valence-corrected chi connectivity index (χ4v) is 1.10. The third kappa shape index (κ3) is 1.01. The summed E-state index contributed by atoms with van der Waals surface area (Å²) in [7, 11) is 1.77. The summed E-state index contributed by atoms with van der Waals surface area (Å²) in [5, 5.41) is 3.25. The zero-order valence-electron chi connectivity index (χ0n) is 5.48. The Kier molecular flexibility index (Phi) is 1.86. The van der Waals surface area contributed by atoms with Crippen molar-refractivity contribution >= 4 is 0 Å². The van der Waals surface area contributed by atoms with Gasteiger partial charge in [-0.2, -0.15) is 0 Å². The number of rotatable bonds is 1. The molecule has 8 heavy (non-hydrogen) atoms. The van der Waals surface area contributed by atoms with E-state index in [2.05, 4.69) is 12.2 Å². The Morgan fingerprint density at radius 1 is 1.50 bits per heavy atom. The fraction of sp³-hybridized carbons (Fsp3) is 1.00. The predicted molar refractivity (Wildman–Crippen MR) is 32.8 cm³/mol. The summed E-state index contributed by atoms with van der Waals surface area (Å²) in [6.45, 7) is 4.34. The van der Waals surface area contributed by atoms with E-state index in [0.717, 1.165) is 13.1 Å². The van der Waals surface area contributed by atoms with Gasteiger partial charge in [0.25, 0.3) is 0 Å². The molecule has 0 saturated carbocycles.